The molecule has 0 N–H and O–H groups in total. The number of rotatable bonds is 3. The lowest BCUT2D eigenvalue weighted by molar-refractivity contribution is 0.476. The van der Waals surface area contributed by atoms with Gasteiger partial charge in [0.25, 0.3) is 0 Å². The molecule has 0 saturated carbocycles. The fourth-order valence-corrected chi connectivity index (χ4v) is 2.76. The third kappa shape index (κ3) is 3.12. The largest absolute Gasteiger partial charge is 0.456 e. The van der Waals surface area contributed by atoms with E-state index in [1.165, 1.54) is 0 Å². The van der Waals surface area contributed by atoms with Crippen LogP contribution in [0.1, 0.15) is 11.1 Å². The molecule has 0 atom stereocenters. The van der Waals surface area contributed by atoms with Crippen molar-refractivity contribution in [3.8, 4) is 17.6 Å². The molecule has 0 unspecified atom stereocenters. The van der Waals surface area contributed by atoms with Crippen molar-refractivity contribution < 1.29 is 4.74 Å². The van der Waals surface area contributed by atoms with Crippen LogP contribution in [0.5, 0.6) is 11.5 Å². The summed E-state index contributed by atoms with van der Waals surface area (Å²) < 4.78 is 6.88. The average molecular weight is 334 g/mol. The molecule has 0 aliphatic carbocycles. The monoisotopic (exact) mass is 333 g/mol. The van der Waals surface area contributed by atoms with E-state index < -0.39 is 0 Å². The zero-order valence-corrected chi connectivity index (χ0v) is 13.0. The van der Waals surface area contributed by atoms with Crippen molar-refractivity contribution in [2.75, 3.05) is 6.26 Å². The van der Waals surface area contributed by atoms with E-state index >= 15 is 0 Å². The van der Waals surface area contributed by atoms with Crippen LogP contribution in [0.2, 0.25) is 0 Å². The molecule has 0 fully saturated rings. The Labute approximate surface area is 125 Å². The molecule has 19 heavy (non-hydrogen) atoms. The summed E-state index contributed by atoms with van der Waals surface area (Å²) in [7, 11) is 0. The summed E-state index contributed by atoms with van der Waals surface area (Å²) in [5.74, 6) is 1.36. The highest BCUT2D eigenvalue weighted by Gasteiger charge is 2.10. The second-order valence-electron chi connectivity index (χ2n) is 3.96. The molecule has 0 saturated heterocycles. The Balaban J connectivity index is 2.41. The molecule has 2 rings (SSSR count). The first kappa shape index (κ1) is 14.0. The molecule has 4 heteroatoms. The molecule has 0 aliphatic heterocycles. The van der Waals surface area contributed by atoms with Crippen molar-refractivity contribution in [2.24, 2.45) is 0 Å². The highest BCUT2D eigenvalue weighted by Crippen LogP contribution is 2.33. The second-order valence-corrected chi connectivity index (χ2v) is 5.72. The Morgan fingerprint density at radius 2 is 2.00 bits per heavy atom. The summed E-state index contributed by atoms with van der Waals surface area (Å²) in [5.41, 5.74) is 1.60. The van der Waals surface area contributed by atoms with Crippen LogP contribution in [0.25, 0.3) is 0 Å². The molecular formula is C15H12BrNOS. The summed E-state index contributed by atoms with van der Waals surface area (Å²) in [6.07, 6.45) is 1.95. The number of nitrogens with zero attached hydrogens (tertiary/aromatic N) is 1. The number of hydrogen-bond acceptors (Lipinski definition) is 3. The van der Waals surface area contributed by atoms with E-state index in [-0.39, 0.29) is 0 Å². The third-order valence-electron chi connectivity index (χ3n) is 2.68. The minimum Gasteiger partial charge on any atom is -0.456 e. The van der Waals surface area contributed by atoms with Crippen LogP contribution in [0.4, 0.5) is 0 Å². The van der Waals surface area contributed by atoms with Crippen molar-refractivity contribution in [3.63, 3.8) is 0 Å². The van der Waals surface area contributed by atoms with Crippen LogP contribution in [-0.2, 0) is 0 Å². The van der Waals surface area contributed by atoms with Crippen LogP contribution < -0.4 is 4.74 Å². The number of aryl methyl sites for hydroxylation is 1. The van der Waals surface area contributed by atoms with Crippen LogP contribution in [0.15, 0.2) is 45.8 Å². The Morgan fingerprint density at radius 1 is 1.21 bits per heavy atom. The van der Waals surface area contributed by atoms with Crippen molar-refractivity contribution in [1.82, 2.24) is 0 Å². The predicted octanol–water partition coefficient (Wildman–Crippen LogP) is 5.14. The van der Waals surface area contributed by atoms with Crippen molar-refractivity contribution in [1.29, 1.82) is 5.26 Å². The number of halogens is 1. The molecule has 0 aromatic heterocycles. The van der Waals surface area contributed by atoms with Crippen LogP contribution in [0.3, 0.4) is 0 Å². The van der Waals surface area contributed by atoms with Gasteiger partial charge in [-0.05, 0) is 49.1 Å². The summed E-state index contributed by atoms with van der Waals surface area (Å²) in [6, 6.07) is 13.7. The lowest BCUT2D eigenvalue weighted by Gasteiger charge is -2.11. The minimum absolute atomic E-state index is 0.581. The third-order valence-corrected chi connectivity index (χ3v) is 3.95. The number of nitriles is 1. The van der Waals surface area contributed by atoms with Gasteiger partial charge in [0, 0.05) is 9.37 Å². The van der Waals surface area contributed by atoms with Gasteiger partial charge in [-0.3, -0.25) is 0 Å². The van der Waals surface area contributed by atoms with Gasteiger partial charge in [-0.1, -0.05) is 22.0 Å². The lowest BCUT2D eigenvalue weighted by Crippen LogP contribution is -1.92. The maximum atomic E-state index is 9.27. The van der Waals surface area contributed by atoms with Gasteiger partial charge in [0.15, 0.2) is 0 Å². The van der Waals surface area contributed by atoms with Gasteiger partial charge in [-0.25, -0.2) is 0 Å². The Morgan fingerprint density at radius 3 is 2.63 bits per heavy atom. The van der Waals surface area contributed by atoms with Gasteiger partial charge in [0.1, 0.15) is 23.1 Å². The summed E-state index contributed by atoms with van der Waals surface area (Å²) >= 11 is 4.96. The van der Waals surface area contributed by atoms with E-state index in [0.29, 0.717) is 11.3 Å². The first-order chi connectivity index (χ1) is 9.15. The molecule has 0 radical (unpaired) electrons. The van der Waals surface area contributed by atoms with Gasteiger partial charge < -0.3 is 4.74 Å². The van der Waals surface area contributed by atoms with Gasteiger partial charge >= 0.3 is 0 Å². The molecule has 0 heterocycles. The zero-order valence-electron chi connectivity index (χ0n) is 10.6. The molecule has 2 aromatic carbocycles. The van der Waals surface area contributed by atoms with Crippen LogP contribution >= 0.6 is 27.7 Å². The number of ether oxygens (including phenoxy) is 1. The van der Waals surface area contributed by atoms with E-state index in [2.05, 4.69) is 22.0 Å². The molecular weight excluding hydrogens is 322 g/mol. The standard InChI is InChI=1S/C15H12BrNOS/c1-10-8-11(16)6-7-13(10)18-14-4-3-5-15(19-2)12(14)9-17/h3-8H,1-2H3. The molecule has 0 bridgehead atoms. The number of thioether (sulfide) groups is 1. The first-order valence-corrected chi connectivity index (χ1v) is 7.68. The van der Waals surface area contributed by atoms with E-state index in [1.807, 2.05) is 49.6 Å². The Hall–Kier alpha value is -1.44. The lowest BCUT2D eigenvalue weighted by atomic mass is 10.2. The smallest absolute Gasteiger partial charge is 0.146 e. The molecule has 0 spiro atoms. The highest BCUT2D eigenvalue weighted by molar-refractivity contribution is 9.10. The summed E-state index contributed by atoms with van der Waals surface area (Å²) in [6.45, 7) is 1.98. The molecule has 0 amide bonds. The normalized spacial score (nSPS) is 10.0. The van der Waals surface area contributed by atoms with Gasteiger partial charge in [0.2, 0.25) is 0 Å². The number of hydrogen-bond donors (Lipinski definition) is 0. The van der Waals surface area contributed by atoms with Crippen molar-refractivity contribution >= 4 is 27.7 Å². The molecule has 2 nitrogen and oxygen atoms in total. The zero-order chi connectivity index (χ0) is 13.8. The first-order valence-electron chi connectivity index (χ1n) is 5.67. The van der Waals surface area contributed by atoms with E-state index in [0.717, 1.165) is 20.7 Å². The van der Waals surface area contributed by atoms with E-state index in [1.54, 1.807) is 11.8 Å². The predicted molar refractivity (Wildman–Crippen MR) is 81.9 cm³/mol. The molecule has 2 aromatic rings. The van der Waals surface area contributed by atoms with Gasteiger partial charge in [-0.2, -0.15) is 5.26 Å². The maximum absolute atomic E-state index is 9.27. The van der Waals surface area contributed by atoms with Gasteiger partial charge in [-0.15, -0.1) is 11.8 Å². The van der Waals surface area contributed by atoms with E-state index in [4.69, 9.17) is 4.74 Å². The summed E-state index contributed by atoms with van der Waals surface area (Å²) in [5, 5.41) is 9.27. The topological polar surface area (TPSA) is 33.0 Å². The molecule has 96 valence electrons. The van der Waals surface area contributed by atoms with Crippen LogP contribution in [0, 0.1) is 18.3 Å². The van der Waals surface area contributed by atoms with Crippen LogP contribution in [-0.4, -0.2) is 6.26 Å². The number of benzene rings is 2. The maximum Gasteiger partial charge on any atom is 0.146 e. The minimum atomic E-state index is 0.581. The Kier molecular flexibility index (Phi) is 4.52. The summed E-state index contributed by atoms with van der Waals surface area (Å²) in [4.78, 5) is 0.926. The Bertz CT molecular complexity index is 649. The second kappa shape index (κ2) is 6.14. The molecule has 0 aliphatic rings. The fourth-order valence-electron chi connectivity index (χ4n) is 1.72. The quantitative estimate of drug-likeness (QED) is 0.728. The van der Waals surface area contributed by atoms with Crippen molar-refractivity contribution in [3.05, 3.63) is 52.0 Å². The fraction of sp³-hybridized carbons (Fsp3) is 0.133. The van der Waals surface area contributed by atoms with Crippen molar-refractivity contribution in [2.45, 2.75) is 11.8 Å². The SMILES string of the molecule is CSc1cccc(Oc2ccc(Br)cc2C)c1C#N. The highest BCUT2D eigenvalue weighted by atomic mass is 79.9. The average Bonchev–Trinajstić information content (AvgIpc) is 2.41. The van der Waals surface area contributed by atoms with Gasteiger partial charge in [0.05, 0.1) is 0 Å². The van der Waals surface area contributed by atoms with E-state index in [9.17, 15) is 5.26 Å².